The molecule has 0 atom stereocenters. The van der Waals surface area contributed by atoms with E-state index in [2.05, 4.69) is 18.5 Å². The monoisotopic (exact) mass is 289 g/mol. The van der Waals surface area contributed by atoms with Gasteiger partial charge in [0.25, 0.3) is 0 Å². The fourth-order valence-corrected chi connectivity index (χ4v) is 2.22. The van der Waals surface area contributed by atoms with E-state index in [1.807, 2.05) is 6.07 Å². The van der Waals surface area contributed by atoms with Gasteiger partial charge in [-0.05, 0) is 12.5 Å². The lowest BCUT2D eigenvalue weighted by molar-refractivity contribution is 0.0490. The first kappa shape index (κ1) is 17.4. The van der Waals surface area contributed by atoms with Crippen molar-refractivity contribution in [2.24, 2.45) is 0 Å². The topological polar surface area (TPSA) is 39.2 Å². The maximum absolute atomic E-state index is 11.9. The van der Waals surface area contributed by atoms with Gasteiger partial charge in [-0.1, -0.05) is 70.6 Å². The second kappa shape index (κ2) is 11.1. The molecule has 1 rings (SSSR count). The SMILES string of the molecule is C=Cc1cccnc1C(=O)OCCCCCCCCCC. The Morgan fingerprint density at radius 3 is 2.52 bits per heavy atom. The molecule has 0 bridgehead atoms. The summed E-state index contributed by atoms with van der Waals surface area (Å²) in [6, 6.07) is 3.60. The summed E-state index contributed by atoms with van der Waals surface area (Å²) in [5.74, 6) is -0.353. The van der Waals surface area contributed by atoms with Crippen LogP contribution in [-0.2, 0) is 4.74 Å². The molecule has 21 heavy (non-hydrogen) atoms. The van der Waals surface area contributed by atoms with Crippen molar-refractivity contribution in [3.05, 3.63) is 36.2 Å². The molecule has 0 N–H and O–H groups in total. The summed E-state index contributed by atoms with van der Waals surface area (Å²) in [5, 5.41) is 0. The van der Waals surface area contributed by atoms with Crippen LogP contribution in [0.5, 0.6) is 0 Å². The quantitative estimate of drug-likeness (QED) is 0.424. The van der Waals surface area contributed by atoms with Crippen LogP contribution in [0.4, 0.5) is 0 Å². The van der Waals surface area contributed by atoms with E-state index >= 15 is 0 Å². The molecule has 0 saturated carbocycles. The van der Waals surface area contributed by atoms with Gasteiger partial charge in [0.2, 0.25) is 0 Å². The molecule has 0 radical (unpaired) electrons. The molecule has 116 valence electrons. The fourth-order valence-electron chi connectivity index (χ4n) is 2.22. The lowest BCUT2D eigenvalue weighted by Gasteiger charge is -2.06. The molecule has 0 unspecified atom stereocenters. The van der Waals surface area contributed by atoms with E-state index in [-0.39, 0.29) is 5.97 Å². The molecule has 0 fully saturated rings. The first-order valence-electron chi connectivity index (χ1n) is 8.04. The Bertz CT molecular complexity index is 429. The standard InChI is InChI=1S/C18H27NO2/c1-3-5-6-7-8-9-10-11-15-21-18(20)17-16(4-2)13-12-14-19-17/h4,12-14H,2-3,5-11,15H2,1H3. The number of hydrogen-bond acceptors (Lipinski definition) is 3. The van der Waals surface area contributed by atoms with Crippen LogP contribution >= 0.6 is 0 Å². The predicted molar refractivity (Wildman–Crippen MR) is 87.2 cm³/mol. The Morgan fingerprint density at radius 1 is 1.19 bits per heavy atom. The Balaban J connectivity index is 2.12. The predicted octanol–water partition coefficient (Wildman–Crippen LogP) is 5.02. The smallest absolute Gasteiger partial charge is 0.357 e. The highest BCUT2D eigenvalue weighted by Gasteiger charge is 2.11. The molecule has 0 amide bonds. The van der Waals surface area contributed by atoms with Gasteiger partial charge in [0.05, 0.1) is 6.61 Å². The van der Waals surface area contributed by atoms with E-state index in [0.29, 0.717) is 12.3 Å². The molecule has 0 spiro atoms. The lowest BCUT2D eigenvalue weighted by atomic mass is 10.1. The summed E-state index contributed by atoms with van der Waals surface area (Å²) >= 11 is 0. The van der Waals surface area contributed by atoms with Crippen LogP contribution in [0.2, 0.25) is 0 Å². The maximum atomic E-state index is 11.9. The number of rotatable bonds is 11. The van der Waals surface area contributed by atoms with E-state index in [4.69, 9.17) is 4.74 Å². The third-order valence-electron chi connectivity index (χ3n) is 3.48. The highest BCUT2D eigenvalue weighted by atomic mass is 16.5. The molecule has 3 heteroatoms. The van der Waals surface area contributed by atoms with Crippen molar-refractivity contribution in [2.75, 3.05) is 6.61 Å². The molecule has 0 aliphatic carbocycles. The highest BCUT2D eigenvalue weighted by molar-refractivity contribution is 5.91. The zero-order valence-electron chi connectivity index (χ0n) is 13.1. The molecule has 1 aromatic rings. The number of unbranched alkanes of at least 4 members (excludes halogenated alkanes) is 7. The summed E-state index contributed by atoms with van der Waals surface area (Å²) in [7, 11) is 0. The third-order valence-corrected chi connectivity index (χ3v) is 3.48. The van der Waals surface area contributed by atoms with Crippen molar-refractivity contribution in [3.63, 3.8) is 0 Å². The molecule has 1 heterocycles. The molecular weight excluding hydrogens is 262 g/mol. The van der Waals surface area contributed by atoms with Crippen molar-refractivity contribution in [1.29, 1.82) is 0 Å². The Kier molecular flexibility index (Phi) is 9.18. The minimum atomic E-state index is -0.353. The first-order valence-corrected chi connectivity index (χ1v) is 8.04. The van der Waals surface area contributed by atoms with Gasteiger partial charge in [-0.15, -0.1) is 0 Å². The van der Waals surface area contributed by atoms with Gasteiger partial charge < -0.3 is 4.74 Å². The second-order valence-corrected chi connectivity index (χ2v) is 5.26. The summed E-state index contributed by atoms with van der Waals surface area (Å²) in [4.78, 5) is 16.0. The lowest BCUT2D eigenvalue weighted by Crippen LogP contribution is -2.10. The average Bonchev–Trinajstić information content (AvgIpc) is 2.53. The van der Waals surface area contributed by atoms with E-state index in [1.54, 1.807) is 18.3 Å². The minimum absolute atomic E-state index is 0.353. The molecular formula is C18H27NO2. The Morgan fingerprint density at radius 2 is 1.86 bits per heavy atom. The maximum Gasteiger partial charge on any atom is 0.357 e. The zero-order valence-corrected chi connectivity index (χ0v) is 13.1. The molecule has 1 aromatic heterocycles. The van der Waals surface area contributed by atoms with Crippen molar-refractivity contribution < 1.29 is 9.53 Å². The summed E-state index contributed by atoms with van der Waals surface area (Å²) in [6.45, 7) is 6.38. The zero-order chi connectivity index (χ0) is 15.3. The van der Waals surface area contributed by atoms with E-state index < -0.39 is 0 Å². The highest BCUT2D eigenvalue weighted by Crippen LogP contribution is 2.10. The summed E-state index contributed by atoms with van der Waals surface area (Å²) in [5.41, 5.74) is 1.07. The van der Waals surface area contributed by atoms with Crippen LogP contribution in [-0.4, -0.2) is 17.6 Å². The van der Waals surface area contributed by atoms with Gasteiger partial charge in [0, 0.05) is 11.8 Å². The number of hydrogen-bond donors (Lipinski definition) is 0. The number of ether oxygens (including phenoxy) is 1. The number of carbonyl (C=O) groups excluding carboxylic acids is 1. The molecule has 0 aliphatic rings. The first-order chi connectivity index (χ1) is 10.3. The average molecular weight is 289 g/mol. The number of aromatic nitrogens is 1. The molecule has 0 aromatic carbocycles. The van der Waals surface area contributed by atoms with Crippen LogP contribution < -0.4 is 0 Å². The van der Waals surface area contributed by atoms with E-state index in [0.717, 1.165) is 18.4 Å². The number of pyridine rings is 1. The largest absolute Gasteiger partial charge is 0.461 e. The van der Waals surface area contributed by atoms with Gasteiger partial charge in [0.15, 0.2) is 5.69 Å². The van der Waals surface area contributed by atoms with Gasteiger partial charge >= 0.3 is 5.97 Å². The molecule has 0 aliphatic heterocycles. The molecule has 0 saturated heterocycles. The Labute approximate surface area is 128 Å². The third kappa shape index (κ3) is 7.07. The normalized spacial score (nSPS) is 10.3. The minimum Gasteiger partial charge on any atom is -0.461 e. The second-order valence-electron chi connectivity index (χ2n) is 5.26. The van der Waals surface area contributed by atoms with E-state index in [1.165, 1.54) is 38.5 Å². The number of esters is 1. The van der Waals surface area contributed by atoms with Crippen LogP contribution in [0, 0.1) is 0 Å². The van der Waals surface area contributed by atoms with Crippen LogP contribution in [0.3, 0.4) is 0 Å². The fraction of sp³-hybridized carbons (Fsp3) is 0.556. The van der Waals surface area contributed by atoms with Crippen molar-refractivity contribution in [1.82, 2.24) is 4.98 Å². The van der Waals surface area contributed by atoms with Gasteiger partial charge in [-0.25, -0.2) is 9.78 Å². The van der Waals surface area contributed by atoms with Crippen LogP contribution in [0.15, 0.2) is 24.9 Å². The van der Waals surface area contributed by atoms with Crippen molar-refractivity contribution in [3.8, 4) is 0 Å². The van der Waals surface area contributed by atoms with Gasteiger partial charge in [0.1, 0.15) is 0 Å². The van der Waals surface area contributed by atoms with Crippen molar-refractivity contribution >= 4 is 12.0 Å². The van der Waals surface area contributed by atoms with Crippen LogP contribution in [0.1, 0.15) is 74.3 Å². The van der Waals surface area contributed by atoms with Gasteiger partial charge in [-0.2, -0.15) is 0 Å². The summed E-state index contributed by atoms with van der Waals surface area (Å²) in [6.07, 6.45) is 13.1. The van der Waals surface area contributed by atoms with Gasteiger partial charge in [-0.3, -0.25) is 0 Å². The van der Waals surface area contributed by atoms with E-state index in [9.17, 15) is 4.79 Å². The van der Waals surface area contributed by atoms with Crippen LogP contribution in [0.25, 0.3) is 6.08 Å². The van der Waals surface area contributed by atoms with Crippen molar-refractivity contribution in [2.45, 2.75) is 58.3 Å². The molecule has 3 nitrogen and oxygen atoms in total. The number of nitrogens with zero attached hydrogens (tertiary/aromatic N) is 1. The summed E-state index contributed by atoms with van der Waals surface area (Å²) < 4.78 is 5.27. The number of carbonyl (C=O) groups is 1. The Hall–Kier alpha value is -1.64.